The van der Waals surface area contributed by atoms with Crippen LogP contribution in [0.4, 0.5) is 0 Å². The highest BCUT2D eigenvalue weighted by molar-refractivity contribution is 6.77. The van der Waals surface area contributed by atoms with Crippen LogP contribution in [0.1, 0.15) is 99.8 Å². The van der Waals surface area contributed by atoms with Crippen molar-refractivity contribution in [1.29, 1.82) is 0 Å². The Bertz CT molecular complexity index is 800. The molecule has 0 radical (unpaired) electrons. The van der Waals surface area contributed by atoms with Crippen LogP contribution in [0.3, 0.4) is 0 Å². The molecular weight excluding hydrogens is 464 g/mol. The van der Waals surface area contributed by atoms with Crippen molar-refractivity contribution in [3.05, 3.63) is 12.2 Å². The summed E-state index contributed by atoms with van der Waals surface area (Å²) in [5.41, 5.74) is 2.20. The maximum Gasteiger partial charge on any atom is 0.306 e. The number of carbonyl (C=O) groups is 1. The minimum atomic E-state index is -1.89. The average Bonchev–Trinajstić information content (AvgIpc) is 3.25. The van der Waals surface area contributed by atoms with Crippen molar-refractivity contribution in [1.82, 2.24) is 0 Å². The molecule has 206 valence electrons. The zero-order valence-corrected chi connectivity index (χ0v) is 25.6. The molecule has 4 aliphatic carbocycles. The SMILES string of the molecule is COC(=O)C[C@@]12C=CC[C@H]1[C@@H]1[C@@H](OC)CC3C[C@@H](O[Si](C(C)C)(C(C)C)C(C)C)CC[C@]3(C)[C@H]1CC2. The Morgan fingerprint density at radius 1 is 0.972 bits per heavy atom. The molecule has 0 aliphatic heterocycles. The number of esters is 1. The third-order valence-corrected chi connectivity index (χ3v) is 17.9. The van der Waals surface area contributed by atoms with Gasteiger partial charge >= 0.3 is 5.97 Å². The van der Waals surface area contributed by atoms with Crippen LogP contribution in [-0.4, -0.2) is 40.7 Å². The first kappa shape index (κ1) is 28.4. The summed E-state index contributed by atoms with van der Waals surface area (Å²) in [5, 5.41) is 0. The van der Waals surface area contributed by atoms with E-state index in [9.17, 15) is 4.79 Å². The van der Waals surface area contributed by atoms with E-state index in [0.717, 1.165) is 19.3 Å². The van der Waals surface area contributed by atoms with Crippen LogP contribution in [0.2, 0.25) is 16.6 Å². The quantitative estimate of drug-likeness (QED) is 0.186. The molecular formula is C31H54O4Si. The van der Waals surface area contributed by atoms with Gasteiger partial charge in [-0.15, -0.1) is 0 Å². The van der Waals surface area contributed by atoms with Crippen molar-refractivity contribution < 1.29 is 18.7 Å². The maximum atomic E-state index is 12.4. The second kappa shape index (κ2) is 10.5. The lowest BCUT2D eigenvalue weighted by Crippen LogP contribution is -2.60. The average molecular weight is 519 g/mol. The molecule has 0 heterocycles. The van der Waals surface area contributed by atoms with Crippen molar-refractivity contribution in [3.8, 4) is 0 Å². The largest absolute Gasteiger partial charge is 0.469 e. The first-order valence-electron chi connectivity index (χ1n) is 14.9. The Balaban J connectivity index is 1.57. The van der Waals surface area contributed by atoms with Crippen LogP contribution in [0.5, 0.6) is 0 Å². The van der Waals surface area contributed by atoms with E-state index in [1.54, 1.807) is 0 Å². The maximum absolute atomic E-state index is 12.4. The van der Waals surface area contributed by atoms with Gasteiger partial charge in [0.1, 0.15) is 0 Å². The van der Waals surface area contributed by atoms with Crippen molar-refractivity contribution in [2.75, 3.05) is 14.2 Å². The molecule has 0 spiro atoms. The van der Waals surface area contributed by atoms with Crippen molar-refractivity contribution in [3.63, 3.8) is 0 Å². The van der Waals surface area contributed by atoms with E-state index in [4.69, 9.17) is 13.9 Å². The predicted octanol–water partition coefficient (Wildman–Crippen LogP) is 7.92. The summed E-state index contributed by atoms with van der Waals surface area (Å²) in [5.74, 6) is 2.28. The molecule has 0 aromatic carbocycles. The number of methoxy groups -OCH3 is 2. The van der Waals surface area contributed by atoms with E-state index in [2.05, 4.69) is 60.6 Å². The molecule has 0 bridgehead atoms. The standard InChI is InChI=1S/C31H54O4Si/c1-20(2)36(21(3)4,22(5)6)35-24-12-15-30(7)23(17-24)18-27(33-8)29-25(30)13-16-31(19-28(32)34-9)14-10-11-26(29)31/h10,14,20-27,29H,11-13,15-19H2,1-9H3/t23?,24-,25-,26-,27-,29+,30-,31-/m0/s1. The molecule has 3 fully saturated rings. The first-order chi connectivity index (χ1) is 16.9. The molecule has 3 saturated carbocycles. The normalized spacial score (nSPS) is 40.3. The van der Waals surface area contributed by atoms with Gasteiger partial charge in [0.25, 0.3) is 0 Å². The lowest BCUT2D eigenvalue weighted by atomic mass is 9.44. The van der Waals surface area contributed by atoms with Gasteiger partial charge in [-0.2, -0.15) is 0 Å². The van der Waals surface area contributed by atoms with Gasteiger partial charge in [-0.3, -0.25) is 4.79 Å². The fourth-order valence-electron chi connectivity index (χ4n) is 10.1. The molecule has 36 heavy (non-hydrogen) atoms. The van der Waals surface area contributed by atoms with Gasteiger partial charge in [0.2, 0.25) is 8.32 Å². The molecule has 8 atom stereocenters. The third kappa shape index (κ3) is 4.47. The van der Waals surface area contributed by atoms with Crippen LogP contribution < -0.4 is 0 Å². The van der Waals surface area contributed by atoms with Gasteiger partial charge in [0.05, 0.1) is 19.6 Å². The molecule has 0 aromatic rings. The number of ether oxygens (including phenoxy) is 2. The molecule has 0 N–H and O–H groups in total. The Morgan fingerprint density at radius 3 is 2.22 bits per heavy atom. The minimum absolute atomic E-state index is 0.0362. The molecule has 5 heteroatoms. The van der Waals surface area contributed by atoms with Gasteiger partial charge in [-0.1, -0.05) is 60.6 Å². The fourth-order valence-corrected chi connectivity index (χ4v) is 15.8. The Labute approximate surface area is 222 Å². The van der Waals surface area contributed by atoms with Crippen LogP contribution in [0.25, 0.3) is 0 Å². The van der Waals surface area contributed by atoms with Crippen LogP contribution >= 0.6 is 0 Å². The molecule has 4 rings (SSSR count). The molecule has 0 saturated heterocycles. The monoisotopic (exact) mass is 518 g/mol. The Morgan fingerprint density at radius 2 is 1.64 bits per heavy atom. The van der Waals surface area contributed by atoms with Crippen molar-refractivity contribution >= 4 is 14.3 Å². The summed E-state index contributed by atoms with van der Waals surface area (Å²) in [7, 11) is 1.57. The van der Waals surface area contributed by atoms with E-state index in [1.165, 1.54) is 32.8 Å². The van der Waals surface area contributed by atoms with Crippen LogP contribution in [0, 0.1) is 34.5 Å². The summed E-state index contributed by atoms with van der Waals surface area (Å²) < 4.78 is 18.8. The summed E-state index contributed by atoms with van der Waals surface area (Å²) in [6, 6.07) is 0. The lowest BCUT2D eigenvalue weighted by molar-refractivity contribution is -0.178. The zero-order chi connectivity index (χ0) is 26.5. The Kier molecular flexibility index (Phi) is 8.26. The smallest absolute Gasteiger partial charge is 0.306 e. The molecule has 1 unspecified atom stereocenters. The zero-order valence-electron chi connectivity index (χ0n) is 24.6. The molecule has 0 amide bonds. The van der Waals surface area contributed by atoms with Gasteiger partial charge in [-0.05, 0) is 90.7 Å². The van der Waals surface area contributed by atoms with Crippen molar-refractivity contribution in [2.45, 2.75) is 129 Å². The highest BCUT2D eigenvalue weighted by atomic mass is 28.4. The van der Waals surface area contributed by atoms with Crippen LogP contribution in [0.15, 0.2) is 12.2 Å². The molecule has 4 aliphatic rings. The predicted molar refractivity (Wildman–Crippen MR) is 149 cm³/mol. The summed E-state index contributed by atoms with van der Waals surface area (Å²) >= 11 is 0. The topological polar surface area (TPSA) is 44.8 Å². The lowest BCUT2D eigenvalue weighted by Gasteiger charge is -2.63. The third-order valence-electron chi connectivity index (χ3n) is 11.8. The van der Waals surface area contributed by atoms with Gasteiger partial charge in [0.15, 0.2) is 0 Å². The van der Waals surface area contributed by atoms with E-state index in [-0.39, 0.29) is 17.5 Å². The minimum Gasteiger partial charge on any atom is -0.469 e. The first-order valence-corrected chi connectivity index (χ1v) is 17.0. The number of hydrogen-bond acceptors (Lipinski definition) is 4. The van der Waals surface area contributed by atoms with Crippen LogP contribution in [-0.2, 0) is 18.7 Å². The second-order valence-corrected chi connectivity index (χ2v) is 19.4. The van der Waals surface area contributed by atoms with Gasteiger partial charge < -0.3 is 13.9 Å². The van der Waals surface area contributed by atoms with E-state index >= 15 is 0 Å². The summed E-state index contributed by atoms with van der Waals surface area (Å²) in [4.78, 5) is 12.4. The molecule has 4 nitrogen and oxygen atoms in total. The highest BCUT2D eigenvalue weighted by Crippen LogP contribution is 2.66. The van der Waals surface area contributed by atoms with Crippen molar-refractivity contribution in [2.24, 2.45) is 34.5 Å². The Hall–Kier alpha value is -0.653. The summed E-state index contributed by atoms with van der Waals surface area (Å²) in [6.07, 6.45) is 14.1. The fraction of sp³-hybridized carbons (Fsp3) is 0.903. The second-order valence-electron chi connectivity index (χ2n) is 14.0. The number of hydrogen-bond donors (Lipinski definition) is 0. The number of rotatable bonds is 8. The van der Waals surface area contributed by atoms with Gasteiger partial charge in [-0.25, -0.2) is 0 Å². The number of fused-ring (bicyclic) bond motifs is 5. The van der Waals surface area contributed by atoms with E-state index in [1.807, 2.05) is 7.11 Å². The molecule has 0 aromatic heterocycles. The van der Waals surface area contributed by atoms with Gasteiger partial charge in [0, 0.05) is 18.6 Å². The summed E-state index contributed by atoms with van der Waals surface area (Å²) in [6.45, 7) is 17.0. The highest BCUT2D eigenvalue weighted by Gasteiger charge is 2.62. The van der Waals surface area contributed by atoms with E-state index in [0.29, 0.717) is 58.2 Å². The number of carbonyl (C=O) groups excluding carboxylic acids is 1. The van der Waals surface area contributed by atoms with E-state index < -0.39 is 8.32 Å². The number of allylic oxidation sites excluding steroid dienone is 2.